The Balaban J connectivity index is 3.15. The Bertz CT molecular complexity index is 212. The molecule has 2 amide bonds. The summed E-state index contributed by atoms with van der Waals surface area (Å²) in [6, 6.07) is 0. The highest BCUT2D eigenvalue weighted by Crippen LogP contribution is 2.46. The van der Waals surface area contributed by atoms with Crippen molar-refractivity contribution < 1.29 is 9.59 Å². The molecular weight excluding hydrogens is 236 g/mol. The van der Waals surface area contributed by atoms with E-state index in [1.54, 1.807) is 5.32 Å². The summed E-state index contributed by atoms with van der Waals surface area (Å²) in [6.45, 7) is 0. The number of halogens is 4. The van der Waals surface area contributed by atoms with Crippen molar-refractivity contribution >= 4 is 58.2 Å². The van der Waals surface area contributed by atoms with Crippen molar-refractivity contribution in [1.29, 1.82) is 0 Å². The van der Waals surface area contributed by atoms with Crippen molar-refractivity contribution in [3.05, 3.63) is 0 Å². The first-order chi connectivity index (χ1) is 4.80. The van der Waals surface area contributed by atoms with Crippen LogP contribution in [0.25, 0.3) is 0 Å². The average molecular weight is 237 g/mol. The van der Waals surface area contributed by atoms with Crippen molar-refractivity contribution in [2.75, 3.05) is 0 Å². The highest BCUT2D eigenvalue weighted by atomic mass is 35.5. The number of alkyl halides is 4. The Morgan fingerprint density at radius 2 is 1.18 bits per heavy atom. The number of rotatable bonds is 0. The lowest BCUT2D eigenvalue weighted by Crippen LogP contribution is -2.38. The molecule has 1 aliphatic heterocycles. The van der Waals surface area contributed by atoms with Crippen LogP contribution in [0.15, 0.2) is 0 Å². The second-order valence-corrected chi connectivity index (χ2v) is 4.59. The molecule has 0 saturated carbocycles. The molecule has 0 unspecified atom stereocenters. The molecule has 0 aromatic rings. The molecule has 7 heteroatoms. The molecule has 1 rings (SSSR count). The van der Waals surface area contributed by atoms with Crippen LogP contribution in [0.2, 0.25) is 0 Å². The Morgan fingerprint density at radius 3 is 1.27 bits per heavy atom. The minimum atomic E-state index is -2.10. The molecule has 0 bridgehead atoms. The van der Waals surface area contributed by atoms with E-state index in [4.69, 9.17) is 46.4 Å². The molecule has 0 aliphatic carbocycles. The maximum Gasteiger partial charge on any atom is 0.266 e. The van der Waals surface area contributed by atoms with E-state index in [0.717, 1.165) is 0 Å². The average Bonchev–Trinajstić information content (AvgIpc) is 1.95. The van der Waals surface area contributed by atoms with Crippen molar-refractivity contribution in [1.82, 2.24) is 5.32 Å². The molecule has 11 heavy (non-hydrogen) atoms. The number of carbonyl (C=O) groups excluding carboxylic acids is 2. The zero-order valence-electron chi connectivity index (χ0n) is 4.83. The van der Waals surface area contributed by atoms with Gasteiger partial charge in [0, 0.05) is 0 Å². The molecule has 3 nitrogen and oxygen atoms in total. The summed E-state index contributed by atoms with van der Waals surface area (Å²) in [7, 11) is 0. The van der Waals surface area contributed by atoms with E-state index in [2.05, 4.69) is 0 Å². The lowest BCUT2D eigenvalue weighted by atomic mass is 10.3. The van der Waals surface area contributed by atoms with Gasteiger partial charge in [-0.3, -0.25) is 14.9 Å². The Labute approximate surface area is 81.9 Å². The van der Waals surface area contributed by atoms with E-state index in [1.807, 2.05) is 0 Å². The molecule has 0 atom stereocenters. The van der Waals surface area contributed by atoms with E-state index in [9.17, 15) is 9.59 Å². The molecule has 0 radical (unpaired) electrons. The van der Waals surface area contributed by atoms with Crippen LogP contribution in [-0.2, 0) is 9.59 Å². The summed E-state index contributed by atoms with van der Waals surface area (Å²) < 4.78 is -4.21. The summed E-state index contributed by atoms with van der Waals surface area (Å²) in [6.07, 6.45) is 0. The number of hydrogen-bond acceptors (Lipinski definition) is 2. The van der Waals surface area contributed by atoms with Crippen molar-refractivity contribution in [2.45, 2.75) is 8.67 Å². The SMILES string of the molecule is O=C1NC(=O)C(Cl)(Cl)C1(Cl)Cl. The van der Waals surface area contributed by atoms with Crippen LogP contribution in [0.5, 0.6) is 0 Å². The fourth-order valence-electron chi connectivity index (χ4n) is 0.545. The standard InChI is InChI=1S/C4HCl4NO2/c5-3(6)1(10)9-2(11)4(3,7)8/h(H,9,10,11). The second kappa shape index (κ2) is 2.39. The van der Waals surface area contributed by atoms with E-state index >= 15 is 0 Å². The molecule has 0 aromatic heterocycles. The van der Waals surface area contributed by atoms with E-state index in [-0.39, 0.29) is 0 Å². The molecule has 1 heterocycles. The predicted molar refractivity (Wildman–Crippen MR) is 42.0 cm³/mol. The Hall–Kier alpha value is 0.300. The van der Waals surface area contributed by atoms with Gasteiger partial charge in [0.25, 0.3) is 11.8 Å². The van der Waals surface area contributed by atoms with Crippen LogP contribution in [0.1, 0.15) is 0 Å². The van der Waals surface area contributed by atoms with Gasteiger partial charge in [0.05, 0.1) is 0 Å². The predicted octanol–water partition coefficient (Wildman–Crippen LogP) is 0.991. The quantitative estimate of drug-likeness (QED) is 0.504. The third-order valence-corrected chi connectivity index (χ3v) is 3.40. The minimum Gasteiger partial charge on any atom is -0.291 e. The fourth-order valence-corrected chi connectivity index (χ4v) is 1.08. The van der Waals surface area contributed by atoms with Gasteiger partial charge in [-0.15, -0.1) is 0 Å². The molecule has 0 spiro atoms. The number of nitrogens with one attached hydrogen (secondary N) is 1. The first-order valence-corrected chi connectivity index (χ1v) is 3.93. The van der Waals surface area contributed by atoms with Gasteiger partial charge in [0.1, 0.15) is 0 Å². The van der Waals surface area contributed by atoms with Gasteiger partial charge < -0.3 is 0 Å². The van der Waals surface area contributed by atoms with Gasteiger partial charge in [0.15, 0.2) is 0 Å². The molecule has 0 aromatic carbocycles. The van der Waals surface area contributed by atoms with Crippen LogP contribution in [0.3, 0.4) is 0 Å². The topological polar surface area (TPSA) is 46.2 Å². The monoisotopic (exact) mass is 235 g/mol. The maximum atomic E-state index is 10.8. The Kier molecular flexibility index (Phi) is 2.04. The molecule has 1 fully saturated rings. The molecule has 1 N–H and O–H groups in total. The zero-order chi connectivity index (χ0) is 8.86. The number of hydrogen-bond donors (Lipinski definition) is 1. The smallest absolute Gasteiger partial charge is 0.266 e. The molecule has 62 valence electrons. The first kappa shape index (κ1) is 9.39. The van der Waals surface area contributed by atoms with Crippen LogP contribution in [0.4, 0.5) is 0 Å². The van der Waals surface area contributed by atoms with Gasteiger partial charge in [-0.2, -0.15) is 0 Å². The first-order valence-electron chi connectivity index (χ1n) is 2.41. The summed E-state index contributed by atoms with van der Waals surface area (Å²) >= 11 is 21.5. The second-order valence-electron chi connectivity index (χ2n) is 1.93. The van der Waals surface area contributed by atoms with Crippen LogP contribution >= 0.6 is 46.4 Å². The summed E-state index contributed by atoms with van der Waals surface area (Å²) in [5, 5.41) is 1.79. The summed E-state index contributed by atoms with van der Waals surface area (Å²) in [5.41, 5.74) is 0. The normalized spacial score (nSPS) is 26.9. The molecule has 1 aliphatic rings. The Morgan fingerprint density at radius 1 is 0.909 bits per heavy atom. The van der Waals surface area contributed by atoms with E-state index in [1.165, 1.54) is 0 Å². The van der Waals surface area contributed by atoms with Gasteiger partial charge in [-0.05, 0) is 0 Å². The number of imide groups is 1. The third kappa shape index (κ3) is 1.11. The van der Waals surface area contributed by atoms with Gasteiger partial charge in [0.2, 0.25) is 8.67 Å². The van der Waals surface area contributed by atoms with Crippen molar-refractivity contribution in [3.63, 3.8) is 0 Å². The van der Waals surface area contributed by atoms with Crippen molar-refractivity contribution in [2.24, 2.45) is 0 Å². The minimum absolute atomic E-state index is 0.907. The zero-order valence-corrected chi connectivity index (χ0v) is 7.85. The van der Waals surface area contributed by atoms with Gasteiger partial charge in [-0.25, -0.2) is 0 Å². The van der Waals surface area contributed by atoms with Crippen molar-refractivity contribution in [3.8, 4) is 0 Å². The van der Waals surface area contributed by atoms with Crippen LogP contribution in [0, 0.1) is 0 Å². The molecular formula is C4HCl4NO2. The fraction of sp³-hybridized carbons (Fsp3) is 0.500. The van der Waals surface area contributed by atoms with Gasteiger partial charge in [-0.1, -0.05) is 46.4 Å². The van der Waals surface area contributed by atoms with E-state index < -0.39 is 20.5 Å². The third-order valence-electron chi connectivity index (χ3n) is 1.19. The maximum absolute atomic E-state index is 10.8. The number of amides is 2. The van der Waals surface area contributed by atoms with Gasteiger partial charge >= 0.3 is 0 Å². The highest BCUT2D eigenvalue weighted by molar-refractivity contribution is 6.76. The lowest BCUT2D eigenvalue weighted by Gasteiger charge is -2.18. The summed E-state index contributed by atoms with van der Waals surface area (Å²) in [5.74, 6) is -1.81. The highest BCUT2D eigenvalue weighted by Gasteiger charge is 2.64. The number of carbonyl (C=O) groups is 2. The van der Waals surface area contributed by atoms with Crippen LogP contribution in [-0.4, -0.2) is 20.5 Å². The largest absolute Gasteiger partial charge is 0.291 e. The van der Waals surface area contributed by atoms with E-state index in [0.29, 0.717) is 0 Å². The lowest BCUT2D eigenvalue weighted by molar-refractivity contribution is -0.125. The summed E-state index contributed by atoms with van der Waals surface area (Å²) in [4.78, 5) is 21.5. The molecule has 1 saturated heterocycles. The van der Waals surface area contributed by atoms with Crippen LogP contribution < -0.4 is 5.32 Å².